The van der Waals surface area contributed by atoms with E-state index in [0.29, 0.717) is 27.1 Å². The van der Waals surface area contributed by atoms with Gasteiger partial charge in [0.2, 0.25) is 11.8 Å². The van der Waals surface area contributed by atoms with Crippen LogP contribution < -0.4 is 9.62 Å². The summed E-state index contributed by atoms with van der Waals surface area (Å²) in [6.45, 7) is 3.16. The van der Waals surface area contributed by atoms with Crippen LogP contribution in [0.15, 0.2) is 71.6 Å². The zero-order valence-electron chi connectivity index (χ0n) is 23.5. The summed E-state index contributed by atoms with van der Waals surface area (Å²) in [5.74, 6) is -0.821. The Morgan fingerprint density at radius 1 is 0.952 bits per heavy atom. The number of hydrogen-bond acceptors (Lipinski definition) is 4. The van der Waals surface area contributed by atoms with Gasteiger partial charge in [-0.3, -0.25) is 13.9 Å². The number of amides is 2. The average molecular weight is 651 g/mol. The van der Waals surface area contributed by atoms with Gasteiger partial charge in [-0.2, -0.15) is 0 Å². The molecule has 0 heterocycles. The van der Waals surface area contributed by atoms with E-state index in [1.807, 2.05) is 13.8 Å². The van der Waals surface area contributed by atoms with Crippen LogP contribution in [0.3, 0.4) is 0 Å². The van der Waals surface area contributed by atoms with Gasteiger partial charge in [0.25, 0.3) is 10.0 Å². The molecular weight excluding hydrogens is 617 g/mol. The lowest BCUT2D eigenvalue weighted by Gasteiger charge is -2.34. The minimum absolute atomic E-state index is 0.0281. The van der Waals surface area contributed by atoms with E-state index in [1.165, 1.54) is 23.1 Å². The van der Waals surface area contributed by atoms with E-state index < -0.39 is 28.5 Å². The quantitative estimate of drug-likeness (QED) is 0.242. The summed E-state index contributed by atoms with van der Waals surface area (Å²) in [5, 5.41) is 4.09. The second-order valence-corrected chi connectivity index (χ2v) is 13.6. The number of nitrogens with one attached hydrogen (secondary N) is 1. The topological polar surface area (TPSA) is 86.8 Å². The van der Waals surface area contributed by atoms with Crippen molar-refractivity contribution in [2.24, 2.45) is 0 Å². The maximum Gasteiger partial charge on any atom is 0.264 e. The van der Waals surface area contributed by atoms with Gasteiger partial charge in [0, 0.05) is 17.6 Å². The molecule has 3 aromatic rings. The highest BCUT2D eigenvalue weighted by Crippen LogP contribution is 2.28. The van der Waals surface area contributed by atoms with Crippen LogP contribution >= 0.6 is 34.8 Å². The number of benzene rings is 3. The fourth-order valence-electron chi connectivity index (χ4n) is 5.12. The van der Waals surface area contributed by atoms with Crippen molar-refractivity contribution in [2.45, 2.75) is 69.5 Å². The smallest absolute Gasteiger partial charge is 0.264 e. The number of halogens is 3. The Morgan fingerprint density at radius 3 is 2.26 bits per heavy atom. The highest BCUT2D eigenvalue weighted by molar-refractivity contribution is 7.92. The number of aryl methyl sites for hydroxylation is 1. The Balaban J connectivity index is 1.73. The van der Waals surface area contributed by atoms with Gasteiger partial charge in [-0.25, -0.2) is 8.42 Å². The number of carbonyl (C=O) groups is 2. The molecule has 1 N–H and O–H groups in total. The lowest BCUT2D eigenvalue weighted by Crippen LogP contribution is -2.53. The molecule has 0 unspecified atom stereocenters. The molecule has 3 aromatic carbocycles. The summed E-state index contributed by atoms with van der Waals surface area (Å²) >= 11 is 18.6. The van der Waals surface area contributed by atoms with E-state index in [9.17, 15) is 18.0 Å². The molecule has 1 fully saturated rings. The lowest BCUT2D eigenvalue weighted by atomic mass is 10.1. The van der Waals surface area contributed by atoms with Crippen LogP contribution in [0.25, 0.3) is 0 Å². The minimum atomic E-state index is -4.18. The summed E-state index contributed by atoms with van der Waals surface area (Å²) in [4.78, 5) is 29.2. The molecule has 1 atom stereocenters. The van der Waals surface area contributed by atoms with E-state index in [0.717, 1.165) is 35.6 Å². The Kier molecular flexibility index (Phi) is 10.8. The Hall–Kier alpha value is -2.78. The average Bonchev–Trinajstić information content (AvgIpc) is 3.46. The first kappa shape index (κ1) is 32.1. The summed E-state index contributed by atoms with van der Waals surface area (Å²) in [7, 11) is -4.18. The number of hydrogen-bond donors (Lipinski definition) is 1. The number of anilines is 1. The third kappa shape index (κ3) is 7.78. The Labute approximate surface area is 262 Å². The molecule has 1 saturated carbocycles. The van der Waals surface area contributed by atoms with Gasteiger partial charge in [0.05, 0.1) is 20.6 Å². The van der Waals surface area contributed by atoms with Gasteiger partial charge in [-0.1, -0.05) is 84.4 Å². The lowest BCUT2D eigenvalue weighted by molar-refractivity contribution is -0.140. The number of nitrogens with zero attached hydrogens (tertiary/aromatic N) is 2. The van der Waals surface area contributed by atoms with Gasteiger partial charge in [-0.05, 0) is 74.2 Å². The molecule has 1 aliphatic rings. The minimum Gasteiger partial charge on any atom is -0.352 e. The van der Waals surface area contributed by atoms with Crippen molar-refractivity contribution in [1.82, 2.24) is 10.2 Å². The molecule has 7 nitrogen and oxygen atoms in total. The van der Waals surface area contributed by atoms with E-state index in [4.69, 9.17) is 34.8 Å². The number of rotatable bonds is 11. The molecule has 11 heteroatoms. The monoisotopic (exact) mass is 649 g/mol. The normalized spacial score (nSPS) is 14.4. The zero-order chi connectivity index (χ0) is 30.4. The molecule has 0 aliphatic heterocycles. The van der Waals surface area contributed by atoms with Crippen LogP contribution in [0.1, 0.15) is 50.2 Å². The number of carbonyl (C=O) groups excluding carboxylic acids is 2. The highest BCUT2D eigenvalue weighted by atomic mass is 35.5. The molecule has 0 radical (unpaired) electrons. The van der Waals surface area contributed by atoms with Crippen molar-refractivity contribution in [2.75, 3.05) is 10.8 Å². The summed E-state index contributed by atoms with van der Waals surface area (Å²) in [6, 6.07) is 16.9. The fourth-order valence-corrected chi connectivity index (χ4v) is 7.03. The molecule has 1 aliphatic carbocycles. The third-order valence-electron chi connectivity index (χ3n) is 7.41. The van der Waals surface area contributed by atoms with Crippen molar-refractivity contribution in [3.63, 3.8) is 0 Å². The van der Waals surface area contributed by atoms with Crippen molar-refractivity contribution in [3.8, 4) is 0 Å². The highest BCUT2D eigenvalue weighted by Gasteiger charge is 2.34. The third-order valence-corrected chi connectivity index (χ3v) is 10.2. The molecule has 42 heavy (non-hydrogen) atoms. The number of sulfonamides is 1. The van der Waals surface area contributed by atoms with Crippen molar-refractivity contribution in [3.05, 3.63) is 92.9 Å². The summed E-state index contributed by atoms with van der Waals surface area (Å²) in [5.41, 5.74) is 1.78. The van der Waals surface area contributed by atoms with E-state index in [2.05, 4.69) is 5.32 Å². The SMILES string of the molecule is CC[C@@H](C(=O)NC1CCCC1)N(Cc1ccc(Cl)c(Cl)c1)C(=O)CN(c1cccc(Cl)c1)S(=O)(=O)c1ccc(C)cc1. The molecule has 0 saturated heterocycles. The van der Waals surface area contributed by atoms with Crippen molar-refractivity contribution < 1.29 is 18.0 Å². The van der Waals surface area contributed by atoms with Crippen LogP contribution in [0.4, 0.5) is 5.69 Å². The Bertz CT molecular complexity index is 1530. The van der Waals surface area contributed by atoms with Gasteiger partial charge in [-0.15, -0.1) is 0 Å². The molecule has 4 rings (SSSR count). The molecule has 0 spiro atoms. The maximum atomic E-state index is 14.2. The van der Waals surface area contributed by atoms with Crippen molar-refractivity contribution >= 4 is 62.3 Å². The molecule has 2 amide bonds. The van der Waals surface area contributed by atoms with Gasteiger partial charge in [0.15, 0.2) is 0 Å². The van der Waals surface area contributed by atoms with E-state index >= 15 is 0 Å². The van der Waals surface area contributed by atoms with Crippen LogP contribution in [0.5, 0.6) is 0 Å². The fraction of sp³-hybridized carbons (Fsp3) is 0.355. The largest absolute Gasteiger partial charge is 0.352 e. The maximum absolute atomic E-state index is 14.2. The van der Waals surface area contributed by atoms with Crippen LogP contribution in [-0.4, -0.2) is 43.8 Å². The first-order chi connectivity index (χ1) is 20.0. The molecule has 0 bridgehead atoms. The van der Waals surface area contributed by atoms with Gasteiger partial charge in [0.1, 0.15) is 12.6 Å². The van der Waals surface area contributed by atoms with Gasteiger partial charge < -0.3 is 10.2 Å². The van der Waals surface area contributed by atoms with Crippen LogP contribution in [-0.2, 0) is 26.2 Å². The molecule has 0 aromatic heterocycles. The first-order valence-electron chi connectivity index (χ1n) is 13.9. The summed E-state index contributed by atoms with van der Waals surface area (Å²) < 4.78 is 29.0. The Morgan fingerprint density at radius 2 is 1.64 bits per heavy atom. The predicted molar refractivity (Wildman–Crippen MR) is 169 cm³/mol. The first-order valence-corrected chi connectivity index (χ1v) is 16.5. The van der Waals surface area contributed by atoms with E-state index in [1.54, 1.807) is 48.5 Å². The predicted octanol–water partition coefficient (Wildman–Crippen LogP) is 7.02. The van der Waals surface area contributed by atoms with Gasteiger partial charge >= 0.3 is 0 Å². The zero-order valence-corrected chi connectivity index (χ0v) is 26.6. The standard InChI is InChI=1S/C31H34Cl3N3O4S/c1-3-29(31(39)35-24-8-4-5-9-24)36(19-22-13-16-27(33)28(34)17-22)30(38)20-37(25-10-6-7-23(32)18-25)42(40,41)26-14-11-21(2)12-15-26/h6-7,10-18,24,29H,3-5,8-9,19-20H2,1-2H3,(H,35,39)/t29-/m0/s1. The second kappa shape index (κ2) is 14.1. The van der Waals surface area contributed by atoms with Crippen LogP contribution in [0.2, 0.25) is 15.1 Å². The van der Waals surface area contributed by atoms with E-state index in [-0.39, 0.29) is 29.1 Å². The van der Waals surface area contributed by atoms with Crippen LogP contribution in [0, 0.1) is 6.92 Å². The molecule has 224 valence electrons. The van der Waals surface area contributed by atoms with Crippen molar-refractivity contribution in [1.29, 1.82) is 0 Å². The molecular formula is C31H34Cl3N3O4S. The summed E-state index contributed by atoms with van der Waals surface area (Å²) in [6.07, 6.45) is 4.19. The second-order valence-electron chi connectivity index (χ2n) is 10.5.